The van der Waals surface area contributed by atoms with E-state index in [0.717, 1.165) is 63.7 Å². The van der Waals surface area contributed by atoms with Gasteiger partial charge in [0.1, 0.15) is 13.2 Å². The predicted molar refractivity (Wildman–Crippen MR) is 183 cm³/mol. The Morgan fingerprint density at radius 3 is 1.11 bits per heavy atom. The van der Waals surface area contributed by atoms with Crippen LogP contribution in [0.5, 0.6) is 0 Å². The van der Waals surface area contributed by atoms with Gasteiger partial charge < -0.3 is 14.2 Å². The fraction of sp³-hybridized carbons (Fsp3) is 0.921. The number of carbonyl (C=O) groups excluding carboxylic acids is 3. The van der Waals surface area contributed by atoms with Crippen molar-refractivity contribution >= 4 is 17.9 Å². The maximum atomic E-state index is 12.5. The monoisotopic (exact) mass is 625 g/mol. The third-order valence-electron chi connectivity index (χ3n) is 8.29. The zero-order valence-electron chi connectivity index (χ0n) is 29.6. The number of hydrogen-bond donors (Lipinski definition) is 0. The van der Waals surface area contributed by atoms with E-state index in [0.29, 0.717) is 19.3 Å². The quantitative estimate of drug-likeness (QED) is 0.0410. The van der Waals surface area contributed by atoms with E-state index >= 15 is 0 Å². The molecule has 6 heteroatoms. The first-order valence-corrected chi connectivity index (χ1v) is 18.9. The number of rotatable bonds is 33. The molecule has 260 valence electrons. The number of carbonyl (C=O) groups is 3. The molecule has 0 bridgehead atoms. The topological polar surface area (TPSA) is 78.9 Å². The van der Waals surface area contributed by atoms with Crippen LogP contribution in [0.2, 0.25) is 0 Å². The first-order chi connectivity index (χ1) is 21.4. The lowest BCUT2D eigenvalue weighted by Gasteiger charge is -2.18. The molecule has 0 aromatic carbocycles. The molecule has 0 N–H and O–H groups in total. The first kappa shape index (κ1) is 42.4. The molecular weight excluding hydrogens is 552 g/mol. The van der Waals surface area contributed by atoms with E-state index in [4.69, 9.17) is 14.2 Å². The lowest BCUT2D eigenvalue weighted by molar-refractivity contribution is -0.167. The van der Waals surface area contributed by atoms with Crippen LogP contribution in [0.4, 0.5) is 0 Å². The number of ether oxygens (including phenoxy) is 3. The Morgan fingerprint density at radius 2 is 0.750 bits per heavy atom. The second-order valence-corrected chi connectivity index (χ2v) is 13.3. The third kappa shape index (κ3) is 31.8. The highest BCUT2D eigenvalue weighted by Crippen LogP contribution is 2.15. The van der Waals surface area contributed by atoms with E-state index in [-0.39, 0.29) is 31.1 Å². The normalized spacial score (nSPS) is 11.9. The summed E-state index contributed by atoms with van der Waals surface area (Å²) in [5.74, 6) is -0.0710. The van der Waals surface area contributed by atoms with E-state index in [2.05, 4.69) is 27.7 Å². The fourth-order valence-corrected chi connectivity index (χ4v) is 5.39. The third-order valence-corrected chi connectivity index (χ3v) is 8.29. The van der Waals surface area contributed by atoms with Gasteiger partial charge in [-0.1, -0.05) is 163 Å². The van der Waals surface area contributed by atoms with Crippen molar-refractivity contribution in [3.63, 3.8) is 0 Å². The summed E-state index contributed by atoms with van der Waals surface area (Å²) in [6.45, 7) is 8.85. The van der Waals surface area contributed by atoms with Crippen molar-refractivity contribution in [1.29, 1.82) is 0 Å². The molecule has 6 nitrogen and oxygen atoms in total. The maximum Gasteiger partial charge on any atom is 0.306 e. The van der Waals surface area contributed by atoms with Crippen LogP contribution in [0, 0.1) is 5.92 Å². The van der Waals surface area contributed by atoms with Crippen LogP contribution in [0.25, 0.3) is 0 Å². The fourth-order valence-electron chi connectivity index (χ4n) is 5.39. The molecule has 0 saturated heterocycles. The number of unbranched alkanes of at least 4 members (excludes halogenated alkanes) is 20. The Bertz CT molecular complexity index is 662. The van der Waals surface area contributed by atoms with Crippen LogP contribution in [0.3, 0.4) is 0 Å². The standard InChI is InChI=1S/C38H72O6/c1-5-7-9-11-16-21-25-29-36(39)42-32-35(44-38(41)31-27-23-17-12-10-8-6-2)33-43-37(40)30-26-22-19-15-13-14-18-20-24-28-34(3)4/h34-35H,5-33H2,1-4H3/t35-/m0/s1. The van der Waals surface area contributed by atoms with Gasteiger partial charge in [-0.15, -0.1) is 0 Å². The summed E-state index contributed by atoms with van der Waals surface area (Å²) in [5, 5.41) is 0. The zero-order valence-corrected chi connectivity index (χ0v) is 29.6. The van der Waals surface area contributed by atoms with Crippen molar-refractivity contribution in [1.82, 2.24) is 0 Å². The smallest absolute Gasteiger partial charge is 0.306 e. The summed E-state index contributed by atoms with van der Waals surface area (Å²) in [5.41, 5.74) is 0. The highest BCUT2D eigenvalue weighted by atomic mass is 16.6. The predicted octanol–water partition coefficient (Wildman–Crippen LogP) is 11.2. The molecule has 0 aliphatic carbocycles. The lowest BCUT2D eigenvalue weighted by atomic mass is 10.0. The van der Waals surface area contributed by atoms with Gasteiger partial charge >= 0.3 is 17.9 Å². The molecule has 0 unspecified atom stereocenters. The summed E-state index contributed by atoms with van der Waals surface area (Å²) in [6.07, 6.45) is 28.2. The minimum atomic E-state index is -0.755. The molecule has 0 aromatic heterocycles. The second kappa shape index (κ2) is 32.8. The lowest BCUT2D eigenvalue weighted by Crippen LogP contribution is -2.30. The maximum absolute atomic E-state index is 12.5. The van der Waals surface area contributed by atoms with Crippen LogP contribution in [-0.4, -0.2) is 37.2 Å². The summed E-state index contributed by atoms with van der Waals surface area (Å²) in [6, 6.07) is 0. The van der Waals surface area contributed by atoms with Gasteiger partial charge in [0.2, 0.25) is 0 Å². The summed E-state index contributed by atoms with van der Waals surface area (Å²) in [7, 11) is 0. The highest BCUT2D eigenvalue weighted by Gasteiger charge is 2.19. The summed E-state index contributed by atoms with van der Waals surface area (Å²) in [4.78, 5) is 37.2. The van der Waals surface area contributed by atoms with Crippen molar-refractivity contribution in [3.05, 3.63) is 0 Å². The second-order valence-electron chi connectivity index (χ2n) is 13.3. The zero-order chi connectivity index (χ0) is 32.5. The van der Waals surface area contributed by atoms with E-state index in [1.54, 1.807) is 0 Å². The van der Waals surface area contributed by atoms with Gasteiger partial charge in [0, 0.05) is 19.3 Å². The Kier molecular flexibility index (Phi) is 31.6. The van der Waals surface area contributed by atoms with Gasteiger partial charge in [-0.3, -0.25) is 14.4 Å². The number of hydrogen-bond acceptors (Lipinski definition) is 6. The van der Waals surface area contributed by atoms with Gasteiger partial charge in [0.25, 0.3) is 0 Å². The largest absolute Gasteiger partial charge is 0.462 e. The van der Waals surface area contributed by atoms with Crippen molar-refractivity contribution < 1.29 is 28.6 Å². The minimum absolute atomic E-state index is 0.0664. The average Bonchev–Trinajstić information content (AvgIpc) is 3.00. The first-order valence-electron chi connectivity index (χ1n) is 18.9. The Hall–Kier alpha value is -1.59. The molecule has 0 radical (unpaired) electrons. The van der Waals surface area contributed by atoms with Crippen LogP contribution in [0.1, 0.15) is 201 Å². The summed E-state index contributed by atoms with van der Waals surface area (Å²) >= 11 is 0. The summed E-state index contributed by atoms with van der Waals surface area (Å²) < 4.78 is 16.5. The highest BCUT2D eigenvalue weighted by molar-refractivity contribution is 5.71. The van der Waals surface area contributed by atoms with Crippen LogP contribution in [0.15, 0.2) is 0 Å². The van der Waals surface area contributed by atoms with E-state index in [9.17, 15) is 14.4 Å². The molecule has 0 aliphatic heterocycles. The SMILES string of the molecule is CCCCCCCCCC(=O)OC[C@@H](COC(=O)CCCCCCCCCCCC(C)C)OC(=O)CCCCCCCCC. The van der Waals surface area contributed by atoms with Gasteiger partial charge in [-0.05, 0) is 25.2 Å². The molecule has 0 saturated carbocycles. The molecule has 1 atom stereocenters. The molecule has 0 amide bonds. The molecule has 0 spiro atoms. The Morgan fingerprint density at radius 1 is 0.432 bits per heavy atom. The molecule has 0 aromatic rings. The molecule has 44 heavy (non-hydrogen) atoms. The molecule has 0 fully saturated rings. The van der Waals surface area contributed by atoms with E-state index < -0.39 is 6.10 Å². The van der Waals surface area contributed by atoms with Crippen LogP contribution < -0.4 is 0 Å². The van der Waals surface area contributed by atoms with E-state index in [1.807, 2.05) is 0 Å². The van der Waals surface area contributed by atoms with Crippen molar-refractivity contribution in [2.45, 2.75) is 207 Å². The molecule has 0 aliphatic rings. The molecule has 0 rings (SSSR count). The van der Waals surface area contributed by atoms with Crippen LogP contribution in [-0.2, 0) is 28.6 Å². The van der Waals surface area contributed by atoms with Gasteiger partial charge in [0.05, 0.1) is 0 Å². The van der Waals surface area contributed by atoms with Crippen molar-refractivity contribution in [2.75, 3.05) is 13.2 Å². The Labute approximate surface area is 272 Å². The molecule has 0 heterocycles. The number of esters is 3. The van der Waals surface area contributed by atoms with Crippen molar-refractivity contribution in [3.8, 4) is 0 Å². The van der Waals surface area contributed by atoms with Gasteiger partial charge in [-0.2, -0.15) is 0 Å². The van der Waals surface area contributed by atoms with Gasteiger partial charge in [-0.25, -0.2) is 0 Å². The van der Waals surface area contributed by atoms with Crippen molar-refractivity contribution in [2.24, 2.45) is 5.92 Å². The molecular formula is C38H72O6. The van der Waals surface area contributed by atoms with E-state index in [1.165, 1.54) is 96.3 Å². The minimum Gasteiger partial charge on any atom is -0.462 e. The van der Waals surface area contributed by atoms with Gasteiger partial charge in [0.15, 0.2) is 6.10 Å². The van der Waals surface area contributed by atoms with Crippen LogP contribution >= 0.6 is 0 Å². The Balaban J connectivity index is 4.29. The average molecular weight is 625 g/mol.